The van der Waals surface area contributed by atoms with Crippen LogP contribution in [0, 0.1) is 5.82 Å². The third-order valence-corrected chi connectivity index (χ3v) is 4.65. The van der Waals surface area contributed by atoms with Gasteiger partial charge in [-0.15, -0.1) is 5.10 Å². The monoisotopic (exact) mass is 363 g/mol. The van der Waals surface area contributed by atoms with E-state index in [9.17, 15) is 9.18 Å². The minimum absolute atomic E-state index is 0.186. The van der Waals surface area contributed by atoms with Crippen LogP contribution in [0.15, 0.2) is 53.3 Å². The van der Waals surface area contributed by atoms with Crippen LogP contribution in [-0.4, -0.2) is 25.2 Å². The second-order valence-electron chi connectivity index (χ2n) is 6.77. The highest BCUT2D eigenvalue weighted by Gasteiger charge is 2.24. The zero-order valence-electron chi connectivity index (χ0n) is 15.0. The summed E-state index contributed by atoms with van der Waals surface area (Å²) >= 11 is 0. The number of nitrogens with one attached hydrogen (secondary N) is 1. The van der Waals surface area contributed by atoms with Gasteiger partial charge in [0.05, 0.1) is 17.8 Å². The van der Waals surface area contributed by atoms with E-state index in [1.807, 2.05) is 24.3 Å². The number of nitrogens with zero attached hydrogens (tertiary/aromatic N) is 4. The number of hydrogen-bond acceptors (Lipinski definition) is 4. The maximum Gasteiger partial charge on any atom is 0.263 e. The predicted molar refractivity (Wildman–Crippen MR) is 100 cm³/mol. The molecule has 0 saturated heterocycles. The number of tetrazole rings is 1. The molecule has 2 aromatic rings. The molecule has 1 aromatic carbocycles. The molecule has 0 spiro atoms. The third-order valence-electron chi connectivity index (χ3n) is 4.65. The van der Waals surface area contributed by atoms with Crippen molar-refractivity contribution in [3.63, 3.8) is 0 Å². The highest BCUT2D eigenvalue weighted by molar-refractivity contribution is 5.80. The first-order chi connectivity index (χ1) is 13.0. The predicted octanol–water partition coefficient (Wildman–Crippen LogP) is 3.44. The van der Waals surface area contributed by atoms with Crippen LogP contribution in [-0.2, 0) is 6.54 Å². The van der Waals surface area contributed by atoms with Crippen molar-refractivity contribution in [3.05, 3.63) is 75.8 Å². The summed E-state index contributed by atoms with van der Waals surface area (Å²) in [5.41, 5.74) is 3.77. The number of hydrogen-bond donors (Lipinski definition) is 1. The van der Waals surface area contributed by atoms with Crippen molar-refractivity contribution < 1.29 is 4.39 Å². The van der Waals surface area contributed by atoms with E-state index in [1.54, 1.807) is 16.7 Å². The van der Waals surface area contributed by atoms with E-state index < -0.39 is 0 Å². The molecule has 4 rings (SSSR count). The Labute approximate surface area is 155 Å². The van der Waals surface area contributed by atoms with Gasteiger partial charge in [0.25, 0.3) is 5.56 Å². The maximum absolute atomic E-state index is 13.2. The van der Waals surface area contributed by atoms with Crippen molar-refractivity contribution in [3.8, 4) is 22.6 Å². The minimum atomic E-state index is -0.305. The van der Waals surface area contributed by atoms with Crippen LogP contribution in [0.5, 0.6) is 0 Å². The Balaban J connectivity index is 1.95. The Morgan fingerprint density at radius 3 is 2.59 bits per heavy atom. The van der Waals surface area contributed by atoms with E-state index in [0.717, 1.165) is 22.4 Å². The molecule has 0 radical (unpaired) electrons. The van der Waals surface area contributed by atoms with Crippen molar-refractivity contribution in [2.45, 2.75) is 26.3 Å². The maximum atomic E-state index is 13.2. The van der Waals surface area contributed by atoms with Gasteiger partial charge >= 0.3 is 0 Å². The molecule has 7 heteroatoms. The highest BCUT2D eigenvalue weighted by atomic mass is 19.1. The highest BCUT2D eigenvalue weighted by Crippen LogP contribution is 2.32. The zero-order chi connectivity index (χ0) is 19.0. The SMILES string of the molecule is CC(C)c1cccc2c(-c3nnn[nH]3)c(=O)n(Cc3ccc(F)cc3)c-2c1. The van der Waals surface area contributed by atoms with E-state index in [-0.39, 0.29) is 11.4 Å². The second-order valence-corrected chi connectivity index (χ2v) is 6.77. The fraction of sp³-hybridized carbons (Fsp3) is 0.200. The lowest BCUT2D eigenvalue weighted by Crippen LogP contribution is -2.17. The molecule has 1 N–H and O–H groups in total. The Bertz CT molecular complexity index is 1100. The number of H-pyrrole nitrogens is 1. The molecule has 136 valence electrons. The molecule has 2 aliphatic rings. The normalized spacial score (nSPS) is 11.4. The summed E-state index contributed by atoms with van der Waals surface area (Å²) in [5, 5.41) is 13.8. The summed E-state index contributed by atoms with van der Waals surface area (Å²) < 4.78 is 14.9. The molecular weight excluding hydrogens is 345 g/mol. The topological polar surface area (TPSA) is 76.5 Å². The summed E-state index contributed by atoms with van der Waals surface area (Å²) in [4.78, 5) is 13.2. The lowest BCUT2D eigenvalue weighted by atomic mass is 10.0. The number of aromatic nitrogens is 5. The van der Waals surface area contributed by atoms with E-state index in [4.69, 9.17) is 0 Å². The summed E-state index contributed by atoms with van der Waals surface area (Å²) in [5.74, 6) is 0.334. The fourth-order valence-electron chi connectivity index (χ4n) is 3.20. The van der Waals surface area contributed by atoms with E-state index in [1.165, 1.54) is 12.1 Å². The first-order valence-corrected chi connectivity index (χ1v) is 8.69. The molecule has 1 aromatic heterocycles. The average molecular weight is 363 g/mol. The van der Waals surface area contributed by atoms with Crippen molar-refractivity contribution in [2.75, 3.05) is 0 Å². The first kappa shape index (κ1) is 17.1. The van der Waals surface area contributed by atoms with Gasteiger partial charge in [0, 0.05) is 5.56 Å². The zero-order valence-corrected chi connectivity index (χ0v) is 15.0. The van der Waals surface area contributed by atoms with Crippen molar-refractivity contribution in [1.82, 2.24) is 25.2 Å². The number of rotatable bonds is 4. The molecule has 0 bridgehead atoms. The number of halogens is 1. The lowest BCUT2D eigenvalue weighted by Gasteiger charge is -2.08. The van der Waals surface area contributed by atoms with E-state index in [0.29, 0.717) is 23.9 Å². The fourth-order valence-corrected chi connectivity index (χ4v) is 3.20. The van der Waals surface area contributed by atoms with Gasteiger partial charge in [-0.25, -0.2) is 9.49 Å². The Morgan fingerprint density at radius 1 is 1.15 bits per heavy atom. The van der Waals surface area contributed by atoms with Crippen LogP contribution >= 0.6 is 0 Å². The van der Waals surface area contributed by atoms with Gasteiger partial charge in [-0.05, 0) is 45.7 Å². The average Bonchev–Trinajstić information content (AvgIpc) is 3.17. The molecular formula is C20H18FN5O. The third kappa shape index (κ3) is 3.12. The first-order valence-electron chi connectivity index (χ1n) is 8.69. The smallest absolute Gasteiger partial charge is 0.263 e. The van der Waals surface area contributed by atoms with Gasteiger partial charge in [-0.2, -0.15) is 0 Å². The van der Waals surface area contributed by atoms with Crippen LogP contribution in [0.25, 0.3) is 22.6 Å². The molecule has 0 unspecified atom stereocenters. The molecule has 1 aliphatic heterocycles. The van der Waals surface area contributed by atoms with Crippen molar-refractivity contribution >= 4 is 0 Å². The molecule has 0 atom stereocenters. The number of fused-ring (bicyclic) bond motifs is 1. The van der Waals surface area contributed by atoms with Gasteiger partial charge < -0.3 is 4.57 Å². The quantitative estimate of drug-likeness (QED) is 0.603. The van der Waals surface area contributed by atoms with Crippen molar-refractivity contribution in [1.29, 1.82) is 0 Å². The summed E-state index contributed by atoms with van der Waals surface area (Å²) in [7, 11) is 0. The Kier molecular flexibility index (Phi) is 4.27. The van der Waals surface area contributed by atoms with Crippen molar-refractivity contribution in [2.24, 2.45) is 0 Å². The van der Waals surface area contributed by atoms with Gasteiger partial charge in [0.15, 0.2) is 5.82 Å². The Hall–Kier alpha value is -3.35. The second kappa shape index (κ2) is 6.75. The largest absolute Gasteiger partial charge is 0.303 e. The number of aromatic amines is 1. The van der Waals surface area contributed by atoms with Gasteiger partial charge in [0.1, 0.15) is 5.82 Å². The summed E-state index contributed by atoms with van der Waals surface area (Å²) in [6.45, 7) is 4.54. The van der Waals surface area contributed by atoms with Gasteiger partial charge in [0.2, 0.25) is 0 Å². The van der Waals surface area contributed by atoms with Crippen LogP contribution in [0.2, 0.25) is 0 Å². The van der Waals surface area contributed by atoms with Crippen LogP contribution in [0.3, 0.4) is 0 Å². The lowest BCUT2D eigenvalue weighted by molar-refractivity contribution is 0.626. The molecule has 0 saturated carbocycles. The molecule has 27 heavy (non-hydrogen) atoms. The van der Waals surface area contributed by atoms with Crippen LogP contribution < -0.4 is 5.56 Å². The molecule has 2 heterocycles. The van der Waals surface area contributed by atoms with Crippen LogP contribution in [0.4, 0.5) is 4.39 Å². The molecule has 0 amide bonds. The van der Waals surface area contributed by atoms with Gasteiger partial charge in [-0.1, -0.05) is 44.2 Å². The van der Waals surface area contributed by atoms with E-state index in [2.05, 4.69) is 34.5 Å². The van der Waals surface area contributed by atoms with Gasteiger partial charge in [-0.3, -0.25) is 4.79 Å². The summed E-state index contributed by atoms with van der Waals surface area (Å²) in [6.07, 6.45) is 0. The Morgan fingerprint density at radius 2 is 1.93 bits per heavy atom. The molecule has 1 aliphatic carbocycles. The number of benzene rings is 1. The summed E-state index contributed by atoms with van der Waals surface area (Å²) in [6, 6.07) is 14.1. The molecule has 6 nitrogen and oxygen atoms in total. The standard InChI is InChI=1S/C20H18FN5O/c1-12(2)14-4-3-5-16-17(10-14)26(11-13-6-8-15(21)9-7-13)20(27)18(16)19-22-24-25-23-19/h3-10,12H,11H2,1-2H3,(H,22,23,24,25). The van der Waals surface area contributed by atoms with E-state index >= 15 is 0 Å². The minimum Gasteiger partial charge on any atom is -0.303 e. The van der Waals surface area contributed by atoms with Crippen LogP contribution in [0.1, 0.15) is 30.9 Å². The molecule has 0 fully saturated rings.